The summed E-state index contributed by atoms with van der Waals surface area (Å²) in [5.74, 6) is 1.89. The summed E-state index contributed by atoms with van der Waals surface area (Å²) in [5, 5.41) is 0. The van der Waals surface area contributed by atoms with E-state index in [1.165, 1.54) is 0 Å². The van der Waals surface area contributed by atoms with Crippen molar-refractivity contribution in [2.45, 2.75) is 20.4 Å². The number of benzene rings is 1. The van der Waals surface area contributed by atoms with Crippen LogP contribution in [0.3, 0.4) is 0 Å². The van der Waals surface area contributed by atoms with Gasteiger partial charge in [0.05, 0.1) is 6.54 Å². The summed E-state index contributed by atoms with van der Waals surface area (Å²) >= 11 is 4.99. The van der Waals surface area contributed by atoms with E-state index in [4.69, 9.17) is 22.4 Å². The summed E-state index contributed by atoms with van der Waals surface area (Å²) in [4.78, 5) is 2.58. The van der Waals surface area contributed by atoms with E-state index in [0.29, 0.717) is 4.99 Å². The topological polar surface area (TPSA) is 42.4 Å². The highest BCUT2D eigenvalue weighted by Crippen LogP contribution is 2.22. The summed E-state index contributed by atoms with van der Waals surface area (Å²) in [6.07, 6.45) is 0. The van der Waals surface area contributed by atoms with Crippen molar-refractivity contribution >= 4 is 22.9 Å². The first-order valence-electron chi connectivity index (χ1n) is 6.14. The van der Waals surface area contributed by atoms with Crippen molar-refractivity contribution in [2.24, 2.45) is 5.73 Å². The van der Waals surface area contributed by atoms with Gasteiger partial charge in [0.15, 0.2) is 0 Å². The van der Waals surface area contributed by atoms with E-state index >= 15 is 0 Å². The van der Waals surface area contributed by atoms with Gasteiger partial charge in [0.2, 0.25) is 0 Å². The third-order valence-electron chi connectivity index (χ3n) is 3.08. The normalized spacial score (nSPS) is 10.5. The van der Waals surface area contributed by atoms with Gasteiger partial charge in [0.1, 0.15) is 16.5 Å². The molecule has 0 spiro atoms. The fourth-order valence-electron chi connectivity index (χ4n) is 2.13. The molecule has 0 aliphatic heterocycles. The molecule has 1 aromatic heterocycles. The molecule has 0 saturated heterocycles. The molecule has 0 fully saturated rings. The van der Waals surface area contributed by atoms with Gasteiger partial charge in [-0.15, -0.1) is 0 Å². The van der Waals surface area contributed by atoms with E-state index < -0.39 is 0 Å². The summed E-state index contributed by atoms with van der Waals surface area (Å²) in [5.41, 5.74) is 8.84. The second-order valence-electron chi connectivity index (χ2n) is 4.73. The van der Waals surface area contributed by atoms with Crippen molar-refractivity contribution in [1.29, 1.82) is 0 Å². The number of rotatable bonds is 4. The Morgan fingerprint density at radius 3 is 2.53 bits per heavy atom. The molecule has 0 amide bonds. The molecular weight excluding hydrogens is 256 g/mol. The highest BCUT2D eigenvalue weighted by atomic mass is 32.1. The zero-order valence-electron chi connectivity index (χ0n) is 11.4. The molecule has 0 saturated carbocycles. The molecule has 0 unspecified atom stereocenters. The molecular formula is C15H18N2OS. The molecule has 2 rings (SSSR count). The lowest BCUT2D eigenvalue weighted by atomic mass is 10.1. The fraction of sp³-hybridized carbons (Fsp3) is 0.267. The van der Waals surface area contributed by atoms with Crippen molar-refractivity contribution in [3.63, 3.8) is 0 Å². The minimum absolute atomic E-state index is 0.430. The van der Waals surface area contributed by atoms with Crippen LogP contribution in [-0.4, -0.2) is 12.0 Å². The number of hydrogen-bond acceptors (Lipinski definition) is 3. The van der Waals surface area contributed by atoms with Gasteiger partial charge in [-0.2, -0.15) is 0 Å². The van der Waals surface area contributed by atoms with Crippen LogP contribution in [0.4, 0.5) is 5.69 Å². The zero-order chi connectivity index (χ0) is 14.0. The number of furan rings is 1. The molecule has 0 aliphatic carbocycles. The van der Waals surface area contributed by atoms with Crippen LogP contribution in [0.1, 0.15) is 22.6 Å². The minimum Gasteiger partial charge on any atom is -0.464 e. The first-order chi connectivity index (χ1) is 8.97. The van der Waals surface area contributed by atoms with Crippen LogP contribution in [0.15, 0.2) is 34.7 Å². The lowest BCUT2D eigenvalue weighted by Gasteiger charge is -2.20. The summed E-state index contributed by atoms with van der Waals surface area (Å²) < 4.78 is 5.60. The Morgan fingerprint density at radius 2 is 2.00 bits per heavy atom. The molecule has 0 atom stereocenters. The Labute approximate surface area is 119 Å². The first-order valence-corrected chi connectivity index (χ1v) is 6.55. The second kappa shape index (κ2) is 5.45. The highest BCUT2D eigenvalue weighted by molar-refractivity contribution is 7.80. The molecule has 4 heteroatoms. The predicted molar refractivity (Wildman–Crippen MR) is 82.6 cm³/mol. The molecule has 0 radical (unpaired) electrons. The Kier molecular flexibility index (Phi) is 3.90. The maximum Gasteiger partial charge on any atom is 0.123 e. The number of nitrogens with two attached hydrogens (primary N) is 1. The third kappa shape index (κ3) is 3.15. The lowest BCUT2D eigenvalue weighted by molar-refractivity contribution is 0.481. The van der Waals surface area contributed by atoms with Crippen molar-refractivity contribution < 1.29 is 4.42 Å². The smallest absolute Gasteiger partial charge is 0.123 e. The number of hydrogen-bond donors (Lipinski definition) is 1. The van der Waals surface area contributed by atoms with E-state index in [-0.39, 0.29) is 0 Å². The van der Waals surface area contributed by atoms with Gasteiger partial charge >= 0.3 is 0 Å². The Morgan fingerprint density at radius 1 is 1.26 bits per heavy atom. The number of nitrogens with zero attached hydrogens (tertiary/aromatic N) is 1. The standard InChI is InChI=1S/C15H18N2OS/c1-10-8-12(15(16)19)5-7-14(10)17(3)9-13-6-4-11(2)18-13/h4-8H,9H2,1-3H3,(H2,16,19). The summed E-state index contributed by atoms with van der Waals surface area (Å²) in [6.45, 7) is 4.74. The van der Waals surface area contributed by atoms with E-state index in [1.54, 1.807) is 0 Å². The zero-order valence-corrected chi connectivity index (χ0v) is 12.3. The molecule has 0 aliphatic rings. The van der Waals surface area contributed by atoms with Gasteiger partial charge in [-0.1, -0.05) is 12.2 Å². The van der Waals surface area contributed by atoms with Crippen LogP contribution >= 0.6 is 12.2 Å². The van der Waals surface area contributed by atoms with Crippen LogP contribution in [0, 0.1) is 13.8 Å². The van der Waals surface area contributed by atoms with Gasteiger partial charge < -0.3 is 15.1 Å². The van der Waals surface area contributed by atoms with E-state index in [1.807, 2.05) is 44.3 Å². The van der Waals surface area contributed by atoms with E-state index in [0.717, 1.165) is 34.9 Å². The van der Waals surface area contributed by atoms with Gasteiger partial charge in [0, 0.05) is 18.3 Å². The summed E-state index contributed by atoms with van der Waals surface area (Å²) in [6, 6.07) is 9.99. The van der Waals surface area contributed by atoms with Gasteiger partial charge in [0.25, 0.3) is 0 Å². The molecule has 2 aromatic rings. The van der Waals surface area contributed by atoms with Crippen molar-refractivity contribution in [2.75, 3.05) is 11.9 Å². The average Bonchev–Trinajstić information content (AvgIpc) is 2.74. The fourth-order valence-corrected chi connectivity index (χ4v) is 2.25. The Bertz CT molecular complexity index is 604. The molecule has 1 heterocycles. The minimum atomic E-state index is 0.430. The SMILES string of the molecule is Cc1ccc(CN(C)c2ccc(C(N)=S)cc2C)o1. The van der Waals surface area contributed by atoms with Gasteiger partial charge in [-0.25, -0.2) is 0 Å². The molecule has 3 nitrogen and oxygen atoms in total. The average molecular weight is 274 g/mol. The second-order valence-corrected chi connectivity index (χ2v) is 5.17. The number of thiocarbonyl (C=S) groups is 1. The Balaban J connectivity index is 2.19. The predicted octanol–water partition coefficient (Wildman–Crippen LogP) is 3.17. The van der Waals surface area contributed by atoms with Crippen molar-refractivity contribution in [3.05, 3.63) is 53.0 Å². The van der Waals surface area contributed by atoms with Gasteiger partial charge in [-0.05, 0) is 49.7 Å². The molecule has 100 valence electrons. The highest BCUT2D eigenvalue weighted by Gasteiger charge is 2.09. The largest absolute Gasteiger partial charge is 0.464 e. The molecule has 19 heavy (non-hydrogen) atoms. The van der Waals surface area contributed by atoms with Crippen LogP contribution < -0.4 is 10.6 Å². The van der Waals surface area contributed by atoms with E-state index in [9.17, 15) is 0 Å². The molecule has 2 N–H and O–H groups in total. The van der Waals surface area contributed by atoms with Crippen molar-refractivity contribution in [3.8, 4) is 0 Å². The summed E-state index contributed by atoms with van der Waals surface area (Å²) in [7, 11) is 2.04. The van der Waals surface area contributed by atoms with Crippen LogP contribution in [0.5, 0.6) is 0 Å². The van der Waals surface area contributed by atoms with Crippen LogP contribution in [0.25, 0.3) is 0 Å². The monoisotopic (exact) mass is 274 g/mol. The van der Waals surface area contributed by atoms with Crippen molar-refractivity contribution in [1.82, 2.24) is 0 Å². The quantitative estimate of drug-likeness (QED) is 0.870. The van der Waals surface area contributed by atoms with Crippen LogP contribution in [0.2, 0.25) is 0 Å². The molecule has 1 aromatic carbocycles. The van der Waals surface area contributed by atoms with E-state index in [2.05, 4.69) is 11.8 Å². The first kappa shape index (κ1) is 13.6. The maximum atomic E-state index is 5.64. The maximum absolute atomic E-state index is 5.64. The lowest BCUT2D eigenvalue weighted by Crippen LogP contribution is -2.18. The number of aryl methyl sites for hydroxylation is 2. The Hall–Kier alpha value is -1.81. The third-order valence-corrected chi connectivity index (χ3v) is 3.32. The van der Waals surface area contributed by atoms with Gasteiger partial charge in [-0.3, -0.25) is 0 Å². The van der Waals surface area contributed by atoms with Crippen LogP contribution in [-0.2, 0) is 6.54 Å². The number of anilines is 1. The molecule has 0 bridgehead atoms.